The first kappa shape index (κ1) is 26.1. The number of rotatable bonds is 10. The number of carbonyl (C=O) groups is 2. The minimum absolute atomic E-state index is 0.00268. The van der Waals surface area contributed by atoms with Crippen molar-refractivity contribution in [2.75, 3.05) is 57.0 Å². The van der Waals surface area contributed by atoms with E-state index in [1.165, 1.54) is 42.2 Å². The molecule has 2 rings (SSSR count). The molecule has 1 aromatic carbocycles. The third kappa shape index (κ3) is 6.91. The number of thiocarbonyl (C=S) groups is 1. The number of nitrogens with zero attached hydrogens (tertiary/aromatic N) is 2. The molecule has 33 heavy (non-hydrogen) atoms. The van der Waals surface area contributed by atoms with Crippen LogP contribution in [0.2, 0.25) is 0 Å². The van der Waals surface area contributed by atoms with E-state index in [0.29, 0.717) is 11.4 Å². The van der Waals surface area contributed by atoms with Gasteiger partial charge in [0.25, 0.3) is 5.17 Å². The summed E-state index contributed by atoms with van der Waals surface area (Å²) in [6.07, 6.45) is 1.49. The summed E-state index contributed by atoms with van der Waals surface area (Å²) in [7, 11) is 1.43. The number of anilines is 2. The number of esters is 1. The number of methoxy groups -OCH3 is 1. The number of halogens is 1. The summed E-state index contributed by atoms with van der Waals surface area (Å²) in [6.45, 7) is -0.106. The van der Waals surface area contributed by atoms with Crippen LogP contribution in [0.25, 0.3) is 0 Å². The largest absolute Gasteiger partial charge is 0.474 e. The summed E-state index contributed by atoms with van der Waals surface area (Å²) >= 11 is 4.85. The van der Waals surface area contributed by atoms with E-state index < -0.39 is 30.4 Å². The van der Waals surface area contributed by atoms with E-state index in [2.05, 4.69) is 10.6 Å². The number of benzene rings is 1. The molecule has 11 nitrogen and oxygen atoms in total. The Kier molecular flexibility index (Phi) is 9.20. The molecule has 6 N–H and O–H groups in total. The molecule has 1 aromatic rings. The van der Waals surface area contributed by atoms with Gasteiger partial charge in [-0.25, -0.2) is 4.39 Å². The summed E-state index contributed by atoms with van der Waals surface area (Å²) in [5, 5.41) is 24.3. The fraction of sp³-hybridized carbons (Fsp3) is 0.450. The molecule has 1 aliphatic rings. The number of hydrogen-bond acceptors (Lipinski definition) is 10. The standard InChI is InChI=1S/C20H28FN5O6S/c1-20(9-27,10-28)18(30)32-12-26-11-25(8-17(26)29)16-4-3-14(5-15(16)21)23-6-13(22)7-24-19(33)31-2/h3-6,23,27-28H,7-12,22H2,1-2H3,(H,24,33)/b13-6-. The van der Waals surface area contributed by atoms with E-state index in [-0.39, 0.29) is 43.3 Å². The van der Waals surface area contributed by atoms with E-state index >= 15 is 0 Å². The van der Waals surface area contributed by atoms with Crippen LogP contribution in [0.5, 0.6) is 0 Å². The minimum atomic E-state index is -1.47. The molecule has 0 aromatic heterocycles. The zero-order valence-corrected chi connectivity index (χ0v) is 19.2. The molecule has 1 saturated heterocycles. The first-order valence-corrected chi connectivity index (χ1v) is 10.3. The van der Waals surface area contributed by atoms with Gasteiger partial charge in [0, 0.05) is 17.6 Å². The maximum Gasteiger partial charge on any atom is 0.318 e. The maximum absolute atomic E-state index is 14.7. The average Bonchev–Trinajstić information content (AvgIpc) is 3.18. The zero-order chi connectivity index (χ0) is 24.6. The van der Waals surface area contributed by atoms with Crippen LogP contribution in [0.1, 0.15) is 6.92 Å². The molecule has 0 aliphatic carbocycles. The second kappa shape index (κ2) is 11.6. The Hall–Kier alpha value is -3.16. The molecule has 0 atom stereocenters. The summed E-state index contributed by atoms with van der Waals surface area (Å²) in [5.41, 5.74) is 5.41. The van der Waals surface area contributed by atoms with E-state index in [1.807, 2.05) is 0 Å². The Balaban J connectivity index is 1.95. The zero-order valence-electron chi connectivity index (χ0n) is 18.3. The molecule has 13 heteroatoms. The van der Waals surface area contributed by atoms with Gasteiger partial charge in [0.2, 0.25) is 5.91 Å². The Morgan fingerprint density at radius 3 is 2.70 bits per heavy atom. The van der Waals surface area contributed by atoms with Gasteiger partial charge in [-0.05, 0) is 37.3 Å². The van der Waals surface area contributed by atoms with Crippen molar-refractivity contribution in [2.24, 2.45) is 11.1 Å². The van der Waals surface area contributed by atoms with Crippen molar-refractivity contribution < 1.29 is 33.7 Å². The number of hydrogen-bond donors (Lipinski definition) is 5. The van der Waals surface area contributed by atoms with Crippen LogP contribution >= 0.6 is 12.2 Å². The monoisotopic (exact) mass is 485 g/mol. The number of carbonyl (C=O) groups excluding carboxylic acids is 2. The number of nitrogens with one attached hydrogen (secondary N) is 2. The number of nitrogens with two attached hydrogens (primary N) is 1. The summed E-state index contributed by atoms with van der Waals surface area (Å²) < 4.78 is 24.5. The van der Waals surface area contributed by atoms with Gasteiger partial charge >= 0.3 is 5.97 Å². The van der Waals surface area contributed by atoms with Crippen molar-refractivity contribution in [1.82, 2.24) is 10.2 Å². The Morgan fingerprint density at radius 1 is 1.39 bits per heavy atom. The molecule has 0 saturated carbocycles. The van der Waals surface area contributed by atoms with Gasteiger partial charge in [-0.15, -0.1) is 0 Å². The average molecular weight is 486 g/mol. The van der Waals surface area contributed by atoms with Crippen LogP contribution in [0.3, 0.4) is 0 Å². The van der Waals surface area contributed by atoms with Crippen LogP contribution in [-0.2, 0) is 19.1 Å². The van der Waals surface area contributed by atoms with E-state index in [4.69, 9.17) is 27.4 Å². The molecule has 0 unspecified atom stereocenters. The lowest BCUT2D eigenvalue weighted by Gasteiger charge is -2.24. The van der Waals surface area contributed by atoms with Crippen molar-refractivity contribution in [2.45, 2.75) is 6.92 Å². The maximum atomic E-state index is 14.7. The Morgan fingerprint density at radius 2 is 2.09 bits per heavy atom. The molecule has 0 spiro atoms. The quantitative estimate of drug-likeness (QED) is 0.219. The van der Waals surface area contributed by atoms with Crippen molar-refractivity contribution in [3.63, 3.8) is 0 Å². The van der Waals surface area contributed by atoms with Gasteiger partial charge in [-0.3, -0.25) is 14.5 Å². The fourth-order valence-corrected chi connectivity index (χ4v) is 2.76. The highest BCUT2D eigenvalue weighted by molar-refractivity contribution is 7.80. The lowest BCUT2D eigenvalue weighted by molar-refractivity contribution is -0.165. The SMILES string of the molecule is COC(=S)NC/C(N)=C/Nc1ccc(N2CC(=O)N(COC(=O)C(C)(CO)CO)C2)c(F)c1. The third-order valence-corrected chi connectivity index (χ3v) is 5.21. The molecule has 1 amide bonds. The molecule has 0 radical (unpaired) electrons. The van der Waals surface area contributed by atoms with Crippen molar-refractivity contribution in [1.29, 1.82) is 0 Å². The fourth-order valence-electron chi connectivity index (χ4n) is 2.69. The molecule has 0 bridgehead atoms. The normalized spacial score (nSPS) is 14.3. The molecule has 1 aliphatic heterocycles. The van der Waals surface area contributed by atoms with Gasteiger partial charge in [0.1, 0.15) is 11.2 Å². The van der Waals surface area contributed by atoms with Gasteiger partial charge in [0.05, 0.1) is 45.8 Å². The highest BCUT2D eigenvalue weighted by Crippen LogP contribution is 2.26. The molecular formula is C20H28FN5O6S. The predicted molar refractivity (Wildman–Crippen MR) is 122 cm³/mol. The lowest BCUT2D eigenvalue weighted by atomic mass is 9.93. The van der Waals surface area contributed by atoms with Crippen LogP contribution in [0.15, 0.2) is 30.1 Å². The second-order valence-electron chi connectivity index (χ2n) is 7.59. The van der Waals surface area contributed by atoms with Crippen LogP contribution in [-0.4, -0.2) is 79.0 Å². The topological polar surface area (TPSA) is 150 Å². The van der Waals surface area contributed by atoms with E-state index in [1.54, 1.807) is 6.07 Å². The van der Waals surface area contributed by atoms with Crippen LogP contribution < -0.4 is 21.3 Å². The van der Waals surface area contributed by atoms with E-state index in [0.717, 1.165) is 0 Å². The molecular weight excluding hydrogens is 457 g/mol. The molecule has 1 fully saturated rings. The van der Waals surface area contributed by atoms with Gasteiger partial charge in [-0.1, -0.05) is 0 Å². The Bertz CT molecular complexity index is 911. The summed E-state index contributed by atoms with van der Waals surface area (Å²) in [4.78, 5) is 27.0. The van der Waals surface area contributed by atoms with Gasteiger partial charge < -0.3 is 41.0 Å². The highest BCUT2D eigenvalue weighted by atomic mass is 32.1. The van der Waals surface area contributed by atoms with Crippen molar-refractivity contribution in [3.8, 4) is 0 Å². The first-order chi connectivity index (χ1) is 15.6. The smallest absolute Gasteiger partial charge is 0.318 e. The number of aliphatic hydroxyl groups is 2. The number of ether oxygens (including phenoxy) is 2. The third-order valence-electron chi connectivity index (χ3n) is 4.90. The summed E-state index contributed by atoms with van der Waals surface area (Å²) in [5.74, 6) is -1.77. The molecule has 182 valence electrons. The first-order valence-electron chi connectivity index (χ1n) is 9.87. The molecule has 1 heterocycles. The predicted octanol–water partition coefficient (Wildman–Crippen LogP) is -0.344. The summed E-state index contributed by atoms with van der Waals surface area (Å²) in [6, 6.07) is 4.39. The lowest BCUT2D eigenvalue weighted by Crippen LogP contribution is -2.40. The minimum Gasteiger partial charge on any atom is -0.474 e. The van der Waals surface area contributed by atoms with Crippen LogP contribution in [0, 0.1) is 11.2 Å². The van der Waals surface area contributed by atoms with Gasteiger partial charge in [0.15, 0.2) is 6.73 Å². The van der Waals surface area contributed by atoms with Gasteiger partial charge in [-0.2, -0.15) is 0 Å². The van der Waals surface area contributed by atoms with Crippen LogP contribution in [0.4, 0.5) is 15.8 Å². The van der Waals surface area contributed by atoms with Crippen molar-refractivity contribution in [3.05, 3.63) is 35.9 Å². The highest BCUT2D eigenvalue weighted by Gasteiger charge is 2.36. The Labute approximate surface area is 195 Å². The number of aliphatic hydroxyl groups excluding tert-OH is 2. The van der Waals surface area contributed by atoms with E-state index in [9.17, 15) is 24.2 Å². The second-order valence-corrected chi connectivity index (χ2v) is 7.96. The number of amides is 1. The van der Waals surface area contributed by atoms with Crippen molar-refractivity contribution >= 4 is 40.6 Å².